The predicted molar refractivity (Wildman–Crippen MR) is 155 cm³/mol. The van der Waals surface area contributed by atoms with Crippen LogP contribution in [0.15, 0.2) is 91.1 Å². The van der Waals surface area contributed by atoms with Crippen molar-refractivity contribution in [2.45, 2.75) is 19.3 Å². The Morgan fingerprint density at radius 2 is 1.49 bits per heavy atom. The second-order valence-electron chi connectivity index (χ2n) is 9.37. The molecule has 0 bridgehead atoms. The molecule has 13 heteroatoms. The van der Waals surface area contributed by atoms with Gasteiger partial charge in [0.2, 0.25) is 5.91 Å². The first-order valence-corrected chi connectivity index (χ1v) is 13.3. The summed E-state index contributed by atoms with van der Waals surface area (Å²) in [4.78, 5) is 40.0. The van der Waals surface area contributed by atoms with Crippen molar-refractivity contribution >= 4 is 35.3 Å². The highest BCUT2D eigenvalue weighted by Gasteiger charge is 2.26. The third-order valence-electron chi connectivity index (χ3n) is 6.44. The van der Waals surface area contributed by atoms with Crippen LogP contribution in [0.1, 0.15) is 40.2 Å². The van der Waals surface area contributed by atoms with Gasteiger partial charge in [0.05, 0.1) is 5.69 Å². The molecule has 1 fully saturated rings. The summed E-state index contributed by atoms with van der Waals surface area (Å²) in [6.07, 6.45) is 3.67. The number of carbonyl (C=O) groups excluding carboxylic acids is 1. The molecule has 0 saturated carbocycles. The molecule has 0 unspecified atom stereocenters. The topological polar surface area (TPSA) is 155 Å². The van der Waals surface area contributed by atoms with Gasteiger partial charge in [0, 0.05) is 31.3 Å². The Morgan fingerprint density at radius 1 is 0.814 bits per heavy atom. The average molecular weight is 584 g/mol. The van der Waals surface area contributed by atoms with Gasteiger partial charge in [-0.3, -0.25) is 9.69 Å². The number of nitrogens with zero attached hydrogens (tertiary/aromatic N) is 6. The Morgan fingerprint density at radius 3 is 2.16 bits per heavy atom. The molecule has 3 N–H and O–H groups in total. The third kappa shape index (κ3) is 6.56. The van der Waals surface area contributed by atoms with Crippen LogP contribution in [0.5, 0.6) is 0 Å². The molecular formula is C30H26FN7O5. The second-order valence-corrected chi connectivity index (χ2v) is 9.37. The molecule has 0 spiro atoms. The Kier molecular flexibility index (Phi) is 8.51. The first kappa shape index (κ1) is 28.7. The molecule has 0 atom stereocenters. The van der Waals surface area contributed by atoms with Gasteiger partial charge >= 0.3 is 11.9 Å². The van der Waals surface area contributed by atoms with Gasteiger partial charge in [-0.1, -0.05) is 36.4 Å². The van der Waals surface area contributed by atoms with Crippen LogP contribution in [0, 0.1) is 5.82 Å². The highest BCUT2D eigenvalue weighted by Crippen LogP contribution is 2.26. The van der Waals surface area contributed by atoms with Crippen LogP contribution in [0.2, 0.25) is 0 Å². The molecule has 43 heavy (non-hydrogen) atoms. The maximum Gasteiger partial charge on any atom is 0.356 e. The Labute approximate surface area is 244 Å². The number of anilines is 3. The zero-order valence-electron chi connectivity index (χ0n) is 22.7. The zero-order valence-corrected chi connectivity index (χ0v) is 22.7. The van der Waals surface area contributed by atoms with E-state index in [4.69, 9.17) is 10.2 Å². The van der Waals surface area contributed by atoms with Crippen molar-refractivity contribution in [3.8, 4) is 11.4 Å². The van der Waals surface area contributed by atoms with Gasteiger partial charge in [0.25, 0.3) is 0 Å². The van der Waals surface area contributed by atoms with Gasteiger partial charge in [-0.25, -0.2) is 28.3 Å². The number of piperidine rings is 1. The van der Waals surface area contributed by atoms with Crippen LogP contribution in [-0.2, 0) is 4.79 Å². The molecular weight excluding hydrogens is 557 g/mol. The molecule has 3 aromatic heterocycles. The number of carboxylic acid groups (broad SMARTS) is 2. The summed E-state index contributed by atoms with van der Waals surface area (Å²) < 4.78 is 16.7. The van der Waals surface area contributed by atoms with Crippen LogP contribution in [0.25, 0.3) is 11.4 Å². The van der Waals surface area contributed by atoms with E-state index in [0.717, 1.165) is 18.5 Å². The minimum absolute atomic E-state index is 0.0303. The average Bonchev–Trinajstić information content (AvgIpc) is 3.65. The van der Waals surface area contributed by atoms with Crippen LogP contribution in [0.4, 0.5) is 21.8 Å². The zero-order chi connectivity index (χ0) is 30.3. The molecule has 1 saturated heterocycles. The van der Waals surface area contributed by atoms with Crippen molar-refractivity contribution in [3.05, 3.63) is 108 Å². The summed E-state index contributed by atoms with van der Waals surface area (Å²) in [5, 5.41) is 29.4. The Balaban J connectivity index is 0.000000171. The number of amides is 1. The lowest BCUT2D eigenvalue weighted by molar-refractivity contribution is -0.119. The number of para-hydroxylation sites is 2. The van der Waals surface area contributed by atoms with Crippen LogP contribution in [0.3, 0.4) is 0 Å². The first-order valence-electron chi connectivity index (χ1n) is 13.3. The summed E-state index contributed by atoms with van der Waals surface area (Å²) in [6, 6.07) is 23.5. The molecule has 0 radical (unpaired) electrons. The highest BCUT2D eigenvalue weighted by molar-refractivity contribution is 5.95. The fraction of sp³-hybridized carbons (Fsp3) is 0.133. The number of halogens is 1. The summed E-state index contributed by atoms with van der Waals surface area (Å²) in [5.74, 6) is -1.50. The second kappa shape index (κ2) is 12.8. The number of benzene rings is 2. The standard InChI is InChI=1S/C15H14FN3O3.C15H12N4O2/c16-10-5-1-2-6-12(10)19-13(9-11(17-19)15(21)22)18-8-4-3-7-14(18)20;20-15(21)12-10-14(17-13-8-4-5-9-16-13)19(18-12)11-6-2-1-3-7-11/h1-2,5-6,9H,3-4,7-8H2,(H,21,22);1-10H,(H,16,17)(H,20,21). The minimum Gasteiger partial charge on any atom is -0.476 e. The molecule has 1 aliphatic heterocycles. The van der Waals surface area contributed by atoms with E-state index in [1.165, 1.54) is 44.6 Å². The minimum atomic E-state index is -1.22. The number of aromatic carboxylic acids is 2. The lowest BCUT2D eigenvalue weighted by Crippen LogP contribution is -2.36. The van der Waals surface area contributed by atoms with E-state index in [2.05, 4.69) is 20.5 Å². The lowest BCUT2D eigenvalue weighted by Gasteiger charge is -2.26. The van der Waals surface area contributed by atoms with E-state index in [9.17, 15) is 18.8 Å². The number of hydrogen-bond donors (Lipinski definition) is 3. The van der Waals surface area contributed by atoms with Gasteiger partial charge < -0.3 is 15.5 Å². The number of nitrogens with one attached hydrogen (secondary N) is 1. The van der Waals surface area contributed by atoms with Crippen molar-refractivity contribution in [1.29, 1.82) is 0 Å². The van der Waals surface area contributed by atoms with Crippen LogP contribution in [-0.4, -0.2) is 59.1 Å². The third-order valence-corrected chi connectivity index (χ3v) is 6.44. The van der Waals surface area contributed by atoms with Crippen molar-refractivity contribution in [2.75, 3.05) is 16.8 Å². The van der Waals surface area contributed by atoms with E-state index in [-0.39, 0.29) is 28.8 Å². The van der Waals surface area contributed by atoms with E-state index >= 15 is 0 Å². The molecule has 6 rings (SSSR count). The number of hydrogen-bond acceptors (Lipinski definition) is 7. The van der Waals surface area contributed by atoms with Crippen molar-refractivity contribution < 1.29 is 29.0 Å². The van der Waals surface area contributed by atoms with Crippen molar-refractivity contribution in [1.82, 2.24) is 24.5 Å². The maximum atomic E-state index is 14.0. The van der Waals surface area contributed by atoms with Crippen LogP contribution >= 0.6 is 0 Å². The summed E-state index contributed by atoms with van der Waals surface area (Å²) in [5.41, 5.74) is 0.626. The van der Waals surface area contributed by atoms with E-state index in [1.807, 2.05) is 42.5 Å². The SMILES string of the molecule is O=C(O)c1cc(N2CCCCC2=O)n(-c2ccccc2F)n1.O=C(O)c1cc(Nc2ccccn2)n(-c2ccccc2)n1. The van der Waals surface area contributed by atoms with Crippen molar-refractivity contribution in [3.63, 3.8) is 0 Å². The largest absolute Gasteiger partial charge is 0.476 e. The normalized spacial score (nSPS) is 12.8. The molecule has 2 aromatic carbocycles. The number of carboxylic acids is 2. The monoisotopic (exact) mass is 583 g/mol. The highest BCUT2D eigenvalue weighted by atomic mass is 19.1. The number of aromatic nitrogens is 5. The quantitative estimate of drug-likeness (QED) is 0.242. The predicted octanol–water partition coefficient (Wildman–Crippen LogP) is 4.94. The smallest absolute Gasteiger partial charge is 0.356 e. The number of pyridine rings is 1. The Hall–Kier alpha value is -5.85. The molecule has 0 aliphatic carbocycles. The molecule has 1 aliphatic rings. The number of carbonyl (C=O) groups is 3. The summed E-state index contributed by atoms with van der Waals surface area (Å²) in [7, 11) is 0. The van der Waals surface area contributed by atoms with Gasteiger partial charge in [0.15, 0.2) is 11.4 Å². The van der Waals surface area contributed by atoms with Gasteiger partial charge in [-0.2, -0.15) is 10.2 Å². The molecule has 4 heterocycles. The molecule has 218 valence electrons. The Bertz CT molecular complexity index is 1760. The summed E-state index contributed by atoms with van der Waals surface area (Å²) in [6.45, 7) is 0.470. The van der Waals surface area contributed by atoms with Gasteiger partial charge in [-0.15, -0.1) is 0 Å². The van der Waals surface area contributed by atoms with E-state index < -0.39 is 17.8 Å². The van der Waals surface area contributed by atoms with Crippen LogP contribution < -0.4 is 10.2 Å². The lowest BCUT2D eigenvalue weighted by atomic mass is 10.1. The van der Waals surface area contributed by atoms with E-state index in [0.29, 0.717) is 24.6 Å². The fourth-order valence-corrected chi connectivity index (χ4v) is 4.43. The van der Waals surface area contributed by atoms with Gasteiger partial charge in [-0.05, 0) is 49.2 Å². The fourth-order valence-electron chi connectivity index (χ4n) is 4.43. The summed E-state index contributed by atoms with van der Waals surface area (Å²) >= 11 is 0. The van der Waals surface area contributed by atoms with E-state index in [1.54, 1.807) is 18.3 Å². The molecule has 1 amide bonds. The molecule has 12 nitrogen and oxygen atoms in total. The molecule has 5 aromatic rings. The van der Waals surface area contributed by atoms with Crippen molar-refractivity contribution in [2.24, 2.45) is 0 Å². The van der Waals surface area contributed by atoms with Gasteiger partial charge in [0.1, 0.15) is 29.0 Å². The maximum absolute atomic E-state index is 14.0. The number of rotatable bonds is 7. The first-order chi connectivity index (χ1) is 20.8.